The molecule has 0 saturated heterocycles. The Balaban J connectivity index is 1.44. The number of rotatable bonds is 14. The second-order valence-electron chi connectivity index (χ2n) is 12.6. The Kier molecular flexibility index (Phi) is 12.5. The van der Waals surface area contributed by atoms with Crippen LogP contribution in [0.5, 0.6) is 0 Å². The molecule has 3 aromatic rings. The van der Waals surface area contributed by atoms with Gasteiger partial charge in [-0.05, 0) is 48.6 Å². The zero-order valence-corrected chi connectivity index (χ0v) is 28.1. The Morgan fingerprint density at radius 1 is 0.700 bits per heavy atom. The van der Waals surface area contributed by atoms with Crippen LogP contribution in [0.4, 0.5) is 9.59 Å². The molecule has 0 saturated carbocycles. The van der Waals surface area contributed by atoms with E-state index in [2.05, 4.69) is 26.6 Å². The fourth-order valence-corrected chi connectivity index (χ4v) is 5.36. The number of carbonyl (C=O) groups is 6. The number of hydrogen-bond acceptors (Lipinski definition) is 8. The van der Waals surface area contributed by atoms with Crippen LogP contribution in [-0.2, 0) is 35.1 Å². The van der Waals surface area contributed by atoms with E-state index in [0.717, 1.165) is 22.3 Å². The van der Waals surface area contributed by atoms with Gasteiger partial charge in [0.25, 0.3) is 0 Å². The standard InChI is InChI=1S/C36H42N6O8/c1-36(2,3)50-35(48)42-29(18-40-34(47)49-21-27-25-15-9-7-13-23(25)24-14-8-10-16-26(24)27)33(46)41-28(17-22-11-5-4-6-12-22)32(45)39-20-31(44)38-19-30(37)43/h4-16,27-29H,17-21H2,1-3H3,(H2,37,43)(H,38,44)(H,39,45)(H,40,47)(H,41,46)(H,42,48)/t28-,29-/m0/s1. The van der Waals surface area contributed by atoms with Crippen LogP contribution < -0.4 is 32.3 Å². The summed E-state index contributed by atoms with van der Waals surface area (Å²) in [5.41, 5.74) is 9.03. The molecule has 0 heterocycles. The number of benzene rings is 3. The van der Waals surface area contributed by atoms with Gasteiger partial charge in [-0.2, -0.15) is 0 Å². The molecule has 0 aliphatic heterocycles. The largest absolute Gasteiger partial charge is 0.449 e. The van der Waals surface area contributed by atoms with Crippen LogP contribution in [-0.4, -0.2) is 79.7 Å². The van der Waals surface area contributed by atoms with E-state index < -0.39 is 73.1 Å². The lowest BCUT2D eigenvalue weighted by atomic mass is 9.98. The number of nitrogens with two attached hydrogens (primary N) is 1. The smallest absolute Gasteiger partial charge is 0.408 e. The van der Waals surface area contributed by atoms with Crippen molar-refractivity contribution in [2.24, 2.45) is 5.73 Å². The molecule has 7 N–H and O–H groups in total. The summed E-state index contributed by atoms with van der Waals surface area (Å²) in [4.78, 5) is 75.6. The van der Waals surface area contributed by atoms with Crippen LogP contribution in [0.15, 0.2) is 78.9 Å². The van der Waals surface area contributed by atoms with Crippen LogP contribution in [0, 0.1) is 0 Å². The van der Waals surface area contributed by atoms with Gasteiger partial charge < -0.3 is 41.8 Å². The SMILES string of the molecule is CC(C)(C)OC(=O)N[C@@H](CNC(=O)OCC1c2ccccc2-c2ccccc21)C(=O)N[C@@H](Cc1ccccc1)C(=O)NCC(=O)NCC(N)=O. The predicted octanol–water partition coefficient (Wildman–Crippen LogP) is 1.86. The Bertz CT molecular complexity index is 1660. The third kappa shape index (κ3) is 10.8. The Labute approximate surface area is 289 Å². The molecule has 0 bridgehead atoms. The van der Waals surface area contributed by atoms with Crippen molar-refractivity contribution in [2.75, 3.05) is 26.2 Å². The number of fused-ring (bicyclic) bond motifs is 3. The van der Waals surface area contributed by atoms with E-state index in [4.69, 9.17) is 15.2 Å². The minimum absolute atomic E-state index is 0.0281. The van der Waals surface area contributed by atoms with Gasteiger partial charge in [-0.25, -0.2) is 9.59 Å². The molecule has 1 aliphatic carbocycles. The maximum Gasteiger partial charge on any atom is 0.408 e. The van der Waals surface area contributed by atoms with E-state index >= 15 is 0 Å². The number of hydrogen-bond donors (Lipinski definition) is 6. The first-order valence-electron chi connectivity index (χ1n) is 16.1. The van der Waals surface area contributed by atoms with Crippen LogP contribution in [0.2, 0.25) is 0 Å². The Hall–Kier alpha value is -5.92. The molecule has 0 radical (unpaired) electrons. The number of alkyl carbamates (subject to hydrolysis) is 2. The summed E-state index contributed by atoms with van der Waals surface area (Å²) in [5, 5.41) is 12.3. The molecule has 3 aromatic carbocycles. The second-order valence-corrected chi connectivity index (χ2v) is 12.6. The van der Waals surface area contributed by atoms with Gasteiger partial charge in [0.1, 0.15) is 24.3 Å². The summed E-state index contributed by atoms with van der Waals surface area (Å²) in [7, 11) is 0. The van der Waals surface area contributed by atoms with Gasteiger partial charge in [0.15, 0.2) is 0 Å². The topological polar surface area (TPSA) is 207 Å². The zero-order valence-electron chi connectivity index (χ0n) is 28.1. The van der Waals surface area contributed by atoms with E-state index in [1.165, 1.54) is 0 Å². The summed E-state index contributed by atoms with van der Waals surface area (Å²) >= 11 is 0. The Morgan fingerprint density at radius 2 is 1.30 bits per heavy atom. The van der Waals surface area contributed by atoms with Crippen molar-refractivity contribution in [3.8, 4) is 11.1 Å². The predicted molar refractivity (Wildman–Crippen MR) is 184 cm³/mol. The van der Waals surface area contributed by atoms with E-state index in [9.17, 15) is 28.8 Å². The first-order chi connectivity index (χ1) is 23.8. The van der Waals surface area contributed by atoms with E-state index in [1.807, 2.05) is 48.5 Å². The molecular weight excluding hydrogens is 644 g/mol. The number of nitrogens with one attached hydrogen (secondary N) is 5. The molecule has 0 spiro atoms. The molecule has 14 nitrogen and oxygen atoms in total. The molecule has 0 unspecified atom stereocenters. The zero-order chi connectivity index (χ0) is 36.3. The highest BCUT2D eigenvalue weighted by molar-refractivity contribution is 5.94. The minimum atomic E-state index is -1.39. The number of ether oxygens (including phenoxy) is 2. The Morgan fingerprint density at radius 3 is 1.90 bits per heavy atom. The van der Waals surface area contributed by atoms with Crippen molar-refractivity contribution >= 4 is 35.8 Å². The maximum atomic E-state index is 13.6. The van der Waals surface area contributed by atoms with Gasteiger partial charge in [-0.3, -0.25) is 19.2 Å². The van der Waals surface area contributed by atoms with Crippen LogP contribution in [0.1, 0.15) is 43.4 Å². The third-order valence-electron chi connectivity index (χ3n) is 7.60. The highest BCUT2D eigenvalue weighted by atomic mass is 16.6. The number of carbonyl (C=O) groups excluding carboxylic acids is 6. The molecule has 0 aromatic heterocycles. The summed E-state index contributed by atoms with van der Waals surface area (Å²) in [5.74, 6) is -3.14. The summed E-state index contributed by atoms with van der Waals surface area (Å²) in [6.45, 7) is 3.67. The second kappa shape index (κ2) is 17.0. The molecule has 50 heavy (non-hydrogen) atoms. The van der Waals surface area contributed by atoms with Gasteiger partial charge in [0.2, 0.25) is 23.6 Å². The maximum absolute atomic E-state index is 13.6. The number of primary amides is 1. The molecule has 4 rings (SSSR count). The lowest BCUT2D eigenvalue weighted by molar-refractivity contribution is -0.131. The highest BCUT2D eigenvalue weighted by Gasteiger charge is 2.31. The third-order valence-corrected chi connectivity index (χ3v) is 7.60. The van der Waals surface area contributed by atoms with Crippen molar-refractivity contribution in [2.45, 2.75) is 50.8 Å². The van der Waals surface area contributed by atoms with Gasteiger partial charge in [0.05, 0.1) is 19.6 Å². The monoisotopic (exact) mass is 686 g/mol. The quantitative estimate of drug-likeness (QED) is 0.147. The molecule has 6 amide bonds. The summed E-state index contributed by atoms with van der Waals surface area (Å²) < 4.78 is 10.9. The lowest BCUT2D eigenvalue weighted by Gasteiger charge is -2.25. The lowest BCUT2D eigenvalue weighted by Crippen LogP contribution is -2.58. The molecule has 2 atom stereocenters. The van der Waals surface area contributed by atoms with Gasteiger partial charge >= 0.3 is 12.2 Å². The van der Waals surface area contributed by atoms with Gasteiger partial charge in [0, 0.05) is 12.3 Å². The van der Waals surface area contributed by atoms with Gasteiger partial charge in [-0.1, -0.05) is 78.9 Å². The summed E-state index contributed by atoms with van der Waals surface area (Å²) in [6, 6.07) is 22.0. The van der Waals surface area contributed by atoms with Gasteiger partial charge in [-0.15, -0.1) is 0 Å². The van der Waals surface area contributed by atoms with Crippen LogP contribution in [0.3, 0.4) is 0 Å². The van der Waals surface area contributed by atoms with Crippen LogP contribution >= 0.6 is 0 Å². The van der Waals surface area contributed by atoms with Crippen molar-refractivity contribution in [1.82, 2.24) is 26.6 Å². The normalized spacial score (nSPS) is 13.0. The summed E-state index contributed by atoms with van der Waals surface area (Å²) in [6.07, 6.45) is -1.72. The van der Waals surface area contributed by atoms with Crippen LogP contribution in [0.25, 0.3) is 11.1 Å². The molecule has 0 fully saturated rings. The average molecular weight is 687 g/mol. The highest BCUT2D eigenvalue weighted by Crippen LogP contribution is 2.44. The number of amides is 6. The fraction of sp³-hybridized carbons (Fsp3) is 0.333. The molecule has 1 aliphatic rings. The first kappa shape index (κ1) is 36.9. The minimum Gasteiger partial charge on any atom is -0.449 e. The first-order valence-corrected chi connectivity index (χ1v) is 16.1. The molecule has 14 heteroatoms. The van der Waals surface area contributed by atoms with Crippen molar-refractivity contribution < 1.29 is 38.2 Å². The fourth-order valence-electron chi connectivity index (χ4n) is 5.36. The van der Waals surface area contributed by atoms with Crippen molar-refractivity contribution in [1.29, 1.82) is 0 Å². The van der Waals surface area contributed by atoms with Crippen molar-refractivity contribution in [3.63, 3.8) is 0 Å². The van der Waals surface area contributed by atoms with E-state index in [-0.39, 0.29) is 18.9 Å². The average Bonchev–Trinajstić information content (AvgIpc) is 3.39. The molecular formula is C36H42N6O8. The van der Waals surface area contributed by atoms with E-state index in [0.29, 0.717) is 5.56 Å². The molecule has 264 valence electrons. The van der Waals surface area contributed by atoms with Crippen molar-refractivity contribution in [3.05, 3.63) is 95.6 Å². The van der Waals surface area contributed by atoms with E-state index in [1.54, 1.807) is 51.1 Å².